The molecule has 18 heavy (non-hydrogen) atoms. The molecule has 0 amide bonds. The lowest BCUT2D eigenvalue weighted by atomic mass is 9.93. The molecule has 1 nitrogen and oxygen atoms in total. The number of aryl methyl sites for hydroxylation is 3. The van der Waals surface area contributed by atoms with Gasteiger partial charge in [-0.3, -0.25) is 4.79 Å². The molecule has 2 rings (SSSR count). The van der Waals surface area contributed by atoms with E-state index in [1.165, 1.54) is 12.1 Å². The molecule has 0 fully saturated rings. The molecule has 0 aromatic heterocycles. The van der Waals surface area contributed by atoms with Gasteiger partial charge in [-0.05, 0) is 55.7 Å². The zero-order chi connectivity index (χ0) is 13.3. The average molecular weight is 242 g/mol. The molecule has 0 radical (unpaired) electrons. The van der Waals surface area contributed by atoms with Crippen molar-refractivity contribution in [1.82, 2.24) is 0 Å². The van der Waals surface area contributed by atoms with Crippen molar-refractivity contribution in [3.8, 4) is 11.1 Å². The molecule has 0 unspecified atom stereocenters. The Morgan fingerprint density at radius 1 is 1.00 bits per heavy atom. The van der Waals surface area contributed by atoms with Crippen LogP contribution in [0, 0.1) is 26.6 Å². The zero-order valence-corrected chi connectivity index (χ0v) is 10.8. The van der Waals surface area contributed by atoms with E-state index < -0.39 is 0 Å². The monoisotopic (exact) mass is 242 g/mol. The highest BCUT2D eigenvalue weighted by Gasteiger charge is 2.11. The topological polar surface area (TPSA) is 17.1 Å². The van der Waals surface area contributed by atoms with Crippen molar-refractivity contribution in [2.75, 3.05) is 0 Å². The van der Waals surface area contributed by atoms with Crippen LogP contribution in [0.2, 0.25) is 0 Å². The Balaban J connectivity index is 2.72. The molecule has 0 saturated carbocycles. The summed E-state index contributed by atoms with van der Waals surface area (Å²) in [6.45, 7) is 5.94. The maximum atomic E-state index is 13.9. The zero-order valence-electron chi connectivity index (χ0n) is 10.8. The van der Waals surface area contributed by atoms with Crippen molar-refractivity contribution in [3.05, 3.63) is 58.4 Å². The van der Waals surface area contributed by atoms with Crippen LogP contribution in [-0.2, 0) is 0 Å². The molecule has 2 aromatic carbocycles. The highest BCUT2D eigenvalue weighted by molar-refractivity contribution is 5.81. The fourth-order valence-electron chi connectivity index (χ4n) is 2.41. The molecule has 0 aliphatic rings. The van der Waals surface area contributed by atoms with Crippen molar-refractivity contribution in [2.24, 2.45) is 0 Å². The van der Waals surface area contributed by atoms with Gasteiger partial charge in [0.25, 0.3) is 0 Å². The molecule has 2 aromatic rings. The fourth-order valence-corrected chi connectivity index (χ4v) is 2.41. The predicted octanol–water partition coefficient (Wildman–Crippen LogP) is 4.23. The minimum absolute atomic E-state index is 0.296. The standard InChI is InChI=1S/C16H15FO/c1-10-6-11(2)16(12(3)7-10)14-8-13(9-18)4-5-15(14)17/h4-9H,1-3H3. The average Bonchev–Trinajstić information content (AvgIpc) is 2.30. The van der Waals surface area contributed by atoms with Gasteiger partial charge < -0.3 is 0 Å². The number of hydrogen-bond acceptors (Lipinski definition) is 1. The van der Waals surface area contributed by atoms with Gasteiger partial charge >= 0.3 is 0 Å². The van der Waals surface area contributed by atoms with E-state index in [-0.39, 0.29) is 5.82 Å². The Kier molecular flexibility index (Phi) is 3.28. The normalized spacial score (nSPS) is 10.4. The van der Waals surface area contributed by atoms with Gasteiger partial charge in [-0.15, -0.1) is 0 Å². The lowest BCUT2D eigenvalue weighted by Gasteiger charge is -2.12. The molecule has 0 saturated heterocycles. The number of aldehydes is 1. The fraction of sp³-hybridized carbons (Fsp3) is 0.188. The molecule has 0 bridgehead atoms. The summed E-state index contributed by atoms with van der Waals surface area (Å²) in [5.41, 5.74) is 5.06. The third-order valence-electron chi connectivity index (χ3n) is 3.07. The Bertz CT molecular complexity index is 591. The quantitative estimate of drug-likeness (QED) is 0.720. The molecule has 0 atom stereocenters. The van der Waals surface area contributed by atoms with Gasteiger partial charge in [0.05, 0.1) is 0 Å². The van der Waals surface area contributed by atoms with Crippen molar-refractivity contribution in [2.45, 2.75) is 20.8 Å². The third kappa shape index (κ3) is 2.19. The van der Waals surface area contributed by atoms with Gasteiger partial charge in [0, 0.05) is 11.1 Å². The van der Waals surface area contributed by atoms with Crippen LogP contribution in [0.15, 0.2) is 30.3 Å². The van der Waals surface area contributed by atoms with Gasteiger partial charge in [-0.2, -0.15) is 0 Å². The summed E-state index contributed by atoms with van der Waals surface area (Å²) in [6, 6.07) is 8.49. The Hall–Kier alpha value is -1.96. The first kappa shape index (κ1) is 12.5. The molecular formula is C16H15FO. The van der Waals surface area contributed by atoms with Crippen LogP contribution in [0.3, 0.4) is 0 Å². The van der Waals surface area contributed by atoms with Crippen molar-refractivity contribution in [3.63, 3.8) is 0 Å². The number of carbonyl (C=O) groups is 1. The number of benzene rings is 2. The van der Waals surface area contributed by atoms with Crippen LogP contribution in [0.1, 0.15) is 27.0 Å². The highest BCUT2D eigenvalue weighted by atomic mass is 19.1. The number of carbonyl (C=O) groups excluding carboxylic acids is 1. The van der Waals surface area contributed by atoms with Crippen LogP contribution < -0.4 is 0 Å². The van der Waals surface area contributed by atoms with E-state index in [2.05, 4.69) is 0 Å². The van der Waals surface area contributed by atoms with E-state index >= 15 is 0 Å². The molecule has 92 valence electrons. The Morgan fingerprint density at radius 3 is 2.17 bits per heavy atom. The predicted molar refractivity (Wildman–Crippen MR) is 71.4 cm³/mol. The first-order valence-electron chi connectivity index (χ1n) is 5.86. The van der Waals surface area contributed by atoms with Crippen LogP contribution in [0.5, 0.6) is 0 Å². The second-order valence-corrected chi connectivity index (χ2v) is 4.63. The number of hydrogen-bond donors (Lipinski definition) is 0. The SMILES string of the molecule is Cc1cc(C)c(-c2cc(C=O)ccc2F)c(C)c1. The summed E-state index contributed by atoms with van der Waals surface area (Å²) in [4.78, 5) is 10.8. The van der Waals surface area contributed by atoms with E-state index in [0.29, 0.717) is 11.1 Å². The molecule has 0 heterocycles. The lowest BCUT2D eigenvalue weighted by molar-refractivity contribution is 0.112. The van der Waals surface area contributed by atoms with E-state index in [4.69, 9.17) is 0 Å². The van der Waals surface area contributed by atoms with Gasteiger partial charge in [-0.1, -0.05) is 17.7 Å². The van der Waals surface area contributed by atoms with Crippen LogP contribution in [0.25, 0.3) is 11.1 Å². The van der Waals surface area contributed by atoms with Crippen LogP contribution in [-0.4, -0.2) is 6.29 Å². The minimum Gasteiger partial charge on any atom is -0.298 e. The number of halogens is 1. The number of rotatable bonds is 2. The summed E-state index contributed by atoms with van der Waals surface area (Å²) >= 11 is 0. The molecule has 2 heteroatoms. The van der Waals surface area contributed by atoms with Gasteiger partial charge in [0.1, 0.15) is 12.1 Å². The second kappa shape index (κ2) is 4.73. The van der Waals surface area contributed by atoms with E-state index in [9.17, 15) is 9.18 Å². The third-order valence-corrected chi connectivity index (χ3v) is 3.07. The lowest BCUT2D eigenvalue weighted by Crippen LogP contribution is -1.94. The van der Waals surface area contributed by atoms with Gasteiger partial charge in [0.15, 0.2) is 0 Å². The molecule has 0 N–H and O–H groups in total. The first-order chi connectivity index (χ1) is 8.52. The molecule has 0 spiro atoms. The van der Waals surface area contributed by atoms with Gasteiger partial charge in [-0.25, -0.2) is 4.39 Å². The Labute approximate surface area is 106 Å². The smallest absolute Gasteiger partial charge is 0.150 e. The van der Waals surface area contributed by atoms with E-state index in [1.807, 2.05) is 32.9 Å². The van der Waals surface area contributed by atoms with Crippen molar-refractivity contribution in [1.29, 1.82) is 0 Å². The summed E-state index contributed by atoms with van der Waals surface area (Å²) in [5, 5.41) is 0. The summed E-state index contributed by atoms with van der Waals surface area (Å²) in [5.74, 6) is -0.296. The molecule has 0 aliphatic heterocycles. The largest absolute Gasteiger partial charge is 0.298 e. The van der Waals surface area contributed by atoms with Crippen molar-refractivity contribution < 1.29 is 9.18 Å². The second-order valence-electron chi connectivity index (χ2n) is 4.63. The van der Waals surface area contributed by atoms with E-state index in [0.717, 1.165) is 28.5 Å². The summed E-state index contributed by atoms with van der Waals surface area (Å²) in [7, 11) is 0. The highest BCUT2D eigenvalue weighted by Crippen LogP contribution is 2.30. The van der Waals surface area contributed by atoms with Crippen LogP contribution >= 0.6 is 0 Å². The van der Waals surface area contributed by atoms with Crippen molar-refractivity contribution >= 4 is 6.29 Å². The Morgan fingerprint density at radius 2 is 1.61 bits per heavy atom. The van der Waals surface area contributed by atoms with Gasteiger partial charge in [0.2, 0.25) is 0 Å². The maximum absolute atomic E-state index is 13.9. The maximum Gasteiger partial charge on any atom is 0.150 e. The molecule has 0 aliphatic carbocycles. The summed E-state index contributed by atoms with van der Waals surface area (Å²) < 4.78 is 13.9. The summed E-state index contributed by atoms with van der Waals surface area (Å²) in [6.07, 6.45) is 0.738. The minimum atomic E-state index is -0.296. The first-order valence-corrected chi connectivity index (χ1v) is 5.86. The van der Waals surface area contributed by atoms with Crippen LogP contribution in [0.4, 0.5) is 4.39 Å². The van der Waals surface area contributed by atoms with E-state index in [1.54, 1.807) is 6.07 Å². The molecular weight excluding hydrogens is 227 g/mol.